The molecular weight excluding hydrogens is 310 g/mol. The summed E-state index contributed by atoms with van der Waals surface area (Å²) in [5.41, 5.74) is 1.95. The van der Waals surface area contributed by atoms with Gasteiger partial charge in [-0.15, -0.1) is 0 Å². The number of nitrogens with zero attached hydrogens (tertiary/aromatic N) is 2. The van der Waals surface area contributed by atoms with E-state index in [4.69, 9.17) is 9.84 Å². The Labute approximate surface area is 140 Å². The van der Waals surface area contributed by atoms with E-state index >= 15 is 0 Å². The highest BCUT2D eigenvalue weighted by Gasteiger charge is 2.15. The number of carboxylic acid groups (broad SMARTS) is 1. The van der Waals surface area contributed by atoms with Crippen molar-refractivity contribution in [3.63, 3.8) is 0 Å². The SMILES string of the molecule is Cc1c(C(=O)Nc2ccc(OCC(=O)O)cc2)cnn1CC(C)C. The Bertz CT molecular complexity index is 720. The molecule has 0 aliphatic carbocycles. The van der Waals surface area contributed by atoms with Crippen molar-refractivity contribution in [3.05, 3.63) is 41.7 Å². The van der Waals surface area contributed by atoms with E-state index in [1.54, 1.807) is 30.5 Å². The molecule has 128 valence electrons. The molecule has 0 spiro atoms. The summed E-state index contributed by atoms with van der Waals surface area (Å²) in [6.07, 6.45) is 1.57. The number of benzene rings is 1. The van der Waals surface area contributed by atoms with Crippen molar-refractivity contribution >= 4 is 17.6 Å². The molecule has 24 heavy (non-hydrogen) atoms. The first-order chi connectivity index (χ1) is 11.4. The number of carbonyl (C=O) groups excluding carboxylic acids is 1. The lowest BCUT2D eigenvalue weighted by molar-refractivity contribution is -0.139. The molecule has 1 amide bonds. The molecule has 0 atom stereocenters. The average molecular weight is 331 g/mol. The van der Waals surface area contributed by atoms with Crippen molar-refractivity contribution in [1.29, 1.82) is 0 Å². The van der Waals surface area contributed by atoms with Gasteiger partial charge in [0.15, 0.2) is 6.61 Å². The van der Waals surface area contributed by atoms with Crippen LogP contribution in [0, 0.1) is 12.8 Å². The first kappa shape index (κ1) is 17.5. The molecule has 0 bridgehead atoms. The predicted molar refractivity (Wildman–Crippen MR) is 89.3 cm³/mol. The molecule has 0 saturated heterocycles. The monoisotopic (exact) mass is 331 g/mol. The van der Waals surface area contributed by atoms with E-state index < -0.39 is 12.6 Å². The van der Waals surface area contributed by atoms with E-state index in [0.29, 0.717) is 22.9 Å². The van der Waals surface area contributed by atoms with Gasteiger partial charge in [-0.05, 0) is 37.1 Å². The quantitative estimate of drug-likeness (QED) is 0.813. The molecule has 1 heterocycles. The molecular formula is C17H21N3O4. The van der Waals surface area contributed by atoms with Gasteiger partial charge in [-0.25, -0.2) is 4.79 Å². The summed E-state index contributed by atoms with van der Waals surface area (Å²) >= 11 is 0. The fraction of sp³-hybridized carbons (Fsp3) is 0.353. The Morgan fingerprint density at radius 1 is 1.29 bits per heavy atom. The highest BCUT2D eigenvalue weighted by molar-refractivity contribution is 6.04. The molecule has 1 aromatic carbocycles. The molecule has 7 nitrogen and oxygen atoms in total. The number of aliphatic carboxylic acids is 1. The maximum atomic E-state index is 12.4. The fourth-order valence-corrected chi connectivity index (χ4v) is 2.18. The second-order valence-corrected chi connectivity index (χ2v) is 5.88. The minimum Gasteiger partial charge on any atom is -0.482 e. The zero-order valence-corrected chi connectivity index (χ0v) is 13.9. The Morgan fingerprint density at radius 2 is 1.96 bits per heavy atom. The van der Waals surface area contributed by atoms with Crippen LogP contribution in [0.4, 0.5) is 5.69 Å². The first-order valence-electron chi connectivity index (χ1n) is 7.65. The lowest BCUT2D eigenvalue weighted by Gasteiger charge is -2.09. The van der Waals surface area contributed by atoms with Gasteiger partial charge in [0.1, 0.15) is 5.75 Å². The zero-order chi connectivity index (χ0) is 17.7. The largest absolute Gasteiger partial charge is 0.482 e. The molecule has 0 unspecified atom stereocenters. The number of hydrogen-bond donors (Lipinski definition) is 2. The van der Waals surface area contributed by atoms with E-state index in [1.807, 2.05) is 11.6 Å². The number of amides is 1. The Hall–Kier alpha value is -2.83. The number of anilines is 1. The molecule has 0 radical (unpaired) electrons. The molecule has 2 rings (SSSR count). The summed E-state index contributed by atoms with van der Waals surface area (Å²) in [5, 5.41) is 15.6. The van der Waals surface area contributed by atoms with E-state index in [9.17, 15) is 9.59 Å². The molecule has 0 fully saturated rings. The van der Waals surface area contributed by atoms with Crippen molar-refractivity contribution in [2.45, 2.75) is 27.3 Å². The van der Waals surface area contributed by atoms with Crippen LogP contribution in [0.3, 0.4) is 0 Å². The number of ether oxygens (including phenoxy) is 1. The maximum absolute atomic E-state index is 12.4. The number of hydrogen-bond acceptors (Lipinski definition) is 4. The Morgan fingerprint density at radius 3 is 2.54 bits per heavy atom. The number of carbonyl (C=O) groups is 2. The fourth-order valence-electron chi connectivity index (χ4n) is 2.18. The maximum Gasteiger partial charge on any atom is 0.341 e. The van der Waals surface area contributed by atoms with E-state index in [1.165, 1.54) is 0 Å². The van der Waals surface area contributed by atoms with E-state index in [2.05, 4.69) is 24.3 Å². The highest BCUT2D eigenvalue weighted by Crippen LogP contribution is 2.17. The van der Waals surface area contributed by atoms with Crippen LogP contribution in [-0.4, -0.2) is 33.4 Å². The normalized spacial score (nSPS) is 10.7. The molecule has 1 aromatic heterocycles. The van der Waals surface area contributed by atoms with Crippen molar-refractivity contribution in [1.82, 2.24) is 9.78 Å². The number of nitrogens with one attached hydrogen (secondary N) is 1. The molecule has 0 aliphatic heterocycles. The van der Waals surface area contributed by atoms with Gasteiger partial charge in [-0.2, -0.15) is 5.10 Å². The van der Waals surface area contributed by atoms with Crippen LogP contribution >= 0.6 is 0 Å². The third-order valence-electron chi connectivity index (χ3n) is 3.36. The third kappa shape index (κ3) is 4.58. The van der Waals surface area contributed by atoms with Crippen molar-refractivity contribution < 1.29 is 19.4 Å². The van der Waals surface area contributed by atoms with Gasteiger partial charge in [-0.1, -0.05) is 13.8 Å². The summed E-state index contributed by atoms with van der Waals surface area (Å²) in [6.45, 7) is 6.41. The molecule has 2 N–H and O–H groups in total. The lowest BCUT2D eigenvalue weighted by atomic mass is 10.2. The van der Waals surface area contributed by atoms with Crippen LogP contribution in [0.25, 0.3) is 0 Å². The van der Waals surface area contributed by atoms with Crippen molar-refractivity contribution in [2.24, 2.45) is 5.92 Å². The minimum atomic E-state index is -1.04. The van der Waals surface area contributed by atoms with Crippen LogP contribution in [0.5, 0.6) is 5.75 Å². The van der Waals surface area contributed by atoms with Gasteiger partial charge in [0.2, 0.25) is 0 Å². The Kier molecular flexibility index (Phi) is 5.57. The first-order valence-corrected chi connectivity index (χ1v) is 7.65. The van der Waals surface area contributed by atoms with E-state index in [-0.39, 0.29) is 5.91 Å². The molecule has 0 aliphatic rings. The average Bonchev–Trinajstić information content (AvgIpc) is 2.87. The van der Waals surface area contributed by atoms with Crippen molar-refractivity contribution in [3.8, 4) is 5.75 Å². The Balaban J connectivity index is 2.02. The second-order valence-electron chi connectivity index (χ2n) is 5.88. The third-order valence-corrected chi connectivity index (χ3v) is 3.36. The van der Waals surface area contributed by atoms with Gasteiger partial charge in [0.25, 0.3) is 5.91 Å². The van der Waals surface area contributed by atoms with Crippen LogP contribution in [0.15, 0.2) is 30.5 Å². The lowest BCUT2D eigenvalue weighted by Crippen LogP contribution is -2.14. The van der Waals surface area contributed by atoms with Gasteiger partial charge >= 0.3 is 5.97 Å². The molecule has 7 heteroatoms. The second kappa shape index (κ2) is 7.63. The zero-order valence-electron chi connectivity index (χ0n) is 13.9. The van der Waals surface area contributed by atoms with Gasteiger partial charge < -0.3 is 15.2 Å². The smallest absolute Gasteiger partial charge is 0.341 e. The minimum absolute atomic E-state index is 0.235. The molecule has 2 aromatic rings. The number of rotatable bonds is 7. The summed E-state index contributed by atoms with van der Waals surface area (Å²) in [7, 11) is 0. The van der Waals surface area contributed by atoms with Gasteiger partial charge in [-0.3, -0.25) is 9.48 Å². The van der Waals surface area contributed by atoms with Crippen LogP contribution in [-0.2, 0) is 11.3 Å². The van der Waals surface area contributed by atoms with Crippen LogP contribution in [0.2, 0.25) is 0 Å². The summed E-state index contributed by atoms with van der Waals surface area (Å²) in [4.78, 5) is 22.8. The summed E-state index contributed by atoms with van der Waals surface area (Å²) in [6, 6.07) is 6.52. The van der Waals surface area contributed by atoms with E-state index in [0.717, 1.165) is 12.2 Å². The predicted octanol–water partition coefficient (Wildman–Crippen LogP) is 2.56. The highest BCUT2D eigenvalue weighted by atomic mass is 16.5. The van der Waals surface area contributed by atoms with Crippen LogP contribution < -0.4 is 10.1 Å². The number of carboxylic acids is 1. The summed E-state index contributed by atoms with van der Waals surface area (Å²) < 4.78 is 6.87. The number of aromatic nitrogens is 2. The summed E-state index contributed by atoms with van der Waals surface area (Å²) in [5.74, 6) is -0.405. The molecule has 0 saturated carbocycles. The van der Waals surface area contributed by atoms with Gasteiger partial charge in [0.05, 0.1) is 11.8 Å². The van der Waals surface area contributed by atoms with Crippen LogP contribution in [0.1, 0.15) is 29.9 Å². The standard InChI is InChI=1S/C17H21N3O4/c1-11(2)9-20-12(3)15(8-18-20)17(23)19-13-4-6-14(7-5-13)24-10-16(21)22/h4-8,11H,9-10H2,1-3H3,(H,19,23)(H,21,22). The van der Waals surface area contributed by atoms with Gasteiger partial charge in [0, 0.05) is 17.9 Å². The van der Waals surface area contributed by atoms with Crippen molar-refractivity contribution in [2.75, 3.05) is 11.9 Å². The topological polar surface area (TPSA) is 93.4 Å².